The van der Waals surface area contributed by atoms with Crippen molar-refractivity contribution in [3.63, 3.8) is 0 Å². The van der Waals surface area contributed by atoms with E-state index in [9.17, 15) is 0 Å². The average molecular weight is 406 g/mol. The van der Waals surface area contributed by atoms with Gasteiger partial charge < -0.3 is 24.8 Å². The van der Waals surface area contributed by atoms with Crippen LogP contribution in [0.2, 0.25) is 0 Å². The van der Waals surface area contributed by atoms with E-state index in [2.05, 4.69) is 24.3 Å². The smallest absolute Gasteiger partial charge is 1.00 e. The van der Waals surface area contributed by atoms with Gasteiger partial charge in [0.05, 0.1) is 0 Å². The Morgan fingerprint density at radius 1 is 0.800 bits per heavy atom. The van der Waals surface area contributed by atoms with Crippen LogP contribution in [0.1, 0.15) is 25.7 Å². The summed E-state index contributed by atoms with van der Waals surface area (Å²) in [6, 6.07) is 0. The van der Waals surface area contributed by atoms with Crippen LogP contribution in [0.4, 0.5) is 0 Å². The van der Waals surface area contributed by atoms with E-state index in [0.717, 1.165) is 0 Å². The number of allylic oxidation sites excluding steroid dienone is 8. The van der Waals surface area contributed by atoms with Gasteiger partial charge in [-0.1, -0.05) is 0 Å². The molecule has 0 fully saturated rings. The molecule has 0 N–H and O–H groups in total. The molecule has 3 heteroatoms. The van der Waals surface area contributed by atoms with Gasteiger partial charge in [0, 0.05) is 0 Å². The molecule has 1 aliphatic heterocycles. The van der Waals surface area contributed by atoms with Gasteiger partial charge in [-0.05, 0) is 0 Å². The molecule has 0 bridgehead atoms. The molecule has 0 aromatic rings. The molecular formula is C12H12Cl2Hf. The molecule has 3 aliphatic rings. The van der Waals surface area contributed by atoms with Gasteiger partial charge >= 0.3 is 90.7 Å². The average Bonchev–Trinajstić information content (AvgIpc) is 2.72. The zero-order valence-corrected chi connectivity index (χ0v) is 13.5. The number of rotatable bonds is 0. The molecular weight excluding hydrogens is 394 g/mol. The maximum atomic E-state index is 2.38. The summed E-state index contributed by atoms with van der Waals surface area (Å²) in [6.45, 7) is 0. The summed E-state index contributed by atoms with van der Waals surface area (Å²) in [6.07, 6.45) is 14.7. The molecule has 0 atom stereocenters. The molecule has 0 amide bonds. The number of hydrogen-bond donors (Lipinski definition) is 0. The predicted octanol–water partition coefficient (Wildman–Crippen LogP) is -2.70. The molecule has 0 unspecified atom stereocenters. The SMILES string of the molecule is C1=CC2=[C](C1)[Hf+2][C]1=C(C=CC1)CC2.[Cl-].[Cl-]. The molecule has 0 saturated carbocycles. The summed E-state index contributed by atoms with van der Waals surface area (Å²) < 4.78 is 3.77. The van der Waals surface area contributed by atoms with E-state index in [0.29, 0.717) is 0 Å². The van der Waals surface area contributed by atoms with Crippen molar-refractivity contribution in [2.75, 3.05) is 0 Å². The van der Waals surface area contributed by atoms with Gasteiger partial charge in [0.25, 0.3) is 0 Å². The van der Waals surface area contributed by atoms with Gasteiger partial charge in [0.1, 0.15) is 0 Å². The van der Waals surface area contributed by atoms with Gasteiger partial charge in [-0.25, -0.2) is 0 Å². The van der Waals surface area contributed by atoms with E-state index >= 15 is 0 Å². The van der Waals surface area contributed by atoms with Crippen molar-refractivity contribution >= 4 is 0 Å². The maximum absolute atomic E-state index is 2.38. The number of hydrogen-bond acceptors (Lipinski definition) is 0. The van der Waals surface area contributed by atoms with Crippen LogP contribution in [0, 0.1) is 0 Å². The summed E-state index contributed by atoms with van der Waals surface area (Å²) in [4.78, 5) is 0. The number of halogens is 2. The standard InChI is InChI=1S/C12H12.2ClH.Hf/c1-2-6-11(5-1)9-10-12-7-3-4-8-12;;;/h1,3,5,7H,2,4,9-10H2;2*1H;/q;;;+2/p-2. The molecule has 0 radical (unpaired) electrons. The molecule has 0 saturated heterocycles. The van der Waals surface area contributed by atoms with Crippen LogP contribution in [-0.4, -0.2) is 0 Å². The Bertz CT molecular complexity index is 339. The summed E-state index contributed by atoms with van der Waals surface area (Å²) >= 11 is -0.549. The third-order valence-corrected chi connectivity index (χ3v) is 8.97. The second-order valence-electron chi connectivity index (χ2n) is 3.85. The summed E-state index contributed by atoms with van der Waals surface area (Å²) in [5.41, 5.74) is 3.43. The molecule has 0 aromatic heterocycles. The second-order valence-corrected chi connectivity index (χ2v) is 9.08. The summed E-state index contributed by atoms with van der Waals surface area (Å²) in [5.74, 6) is 0. The van der Waals surface area contributed by atoms with E-state index in [1.165, 1.54) is 25.7 Å². The zero-order chi connectivity index (χ0) is 8.67. The first kappa shape index (κ1) is 13.5. The van der Waals surface area contributed by atoms with Crippen LogP contribution in [0.3, 0.4) is 0 Å². The van der Waals surface area contributed by atoms with Crippen molar-refractivity contribution in [3.8, 4) is 0 Å². The monoisotopic (exact) mass is 406 g/mol. The molecule has 15 heavy (non-hydrogen) atoms. The van der Waals surface area contributed by atoms with E-state index in [1.54, 1.807) is 11.1 Å². The fraction of sp³-hybridized carbons (Fsp3) is 0.333. The van der Waals surface area contributed by atoms with Gasteiger partial charge in [0.2, 0.25) is 0 Å². The first-order chi connectivity index (χ1) is 6.43. The van der Waals surface area contributed by atoms with E-state index < -0.39 is 22.9 Å². The second kappa shape index (κ2) is 5.65. The third-order valence-electron chi connectivity index (χ3n) is 3.02. The molecule has 0 aromatic carbocycles. The van der Waals surface area contributed by atoms with Crippen LogP contribution >= 0.6 is 0 Å². The van der Waals surface area contributed by atoms with Crippen molar-refractivity contribution in [2.24, 2.45) is 0 Å². The summed E-state index contributed by atoms with van der Waals surface area (Å²) in [7, 11) is 0. The predicted molar refractivity (Wildman–Crippen MR) is 50.8 cm³/mol. The minimum Gasteiger partial charge on any atom is -1.00 e. The van der Waals surface area contributed by atoms with Gasteiger partial charge in [-0.3, -0.25) is 0 Å². The molecule has 1 heterocycles. The van der Waals surface area contributed by atoms with Crippen LogP contribution in [0.15, 0.2) is 42.1 Å². The molecule has 78 valence electrons. The topological polar surface area (TPSA) is 0 Å². The molecule has 0 spiro atoms. The Labute approximate surface area is 115 Å². The Kier molecular flexibility index (Phi) is 5.08. The molecule has 0 nitrogen and oxygen atoms in total. The van der Waals surface area contributed by atoms with E-state index in [4.69, 9.17) is 0 Å². The Balaban J connectivity index is 0.000000562. The van der Waals surface area contributed by atoms with Gasteiger partial charge in [0.15, 0.2) is 0 Å². The van der Waals surface area contributed by atoms with Crippen molar-refractivity contribution in [1.82, 2.24) is 0 Å². The fourth-order valence-electron chi connectivity index (χ4n) is 2.28. The summed E-state index contributed by atoms with van der Waals surface area (Å²) in [5, 5.41) is 0. The first-order valence-electron chi connectivity index (χ1n) is 4.97. The van der Waals surface area contributed by atoms with Crippen molar-refractivity contribution in [2.45, 2.75) is 25.7 Å². The van der Waals surface area contributed by atoms with Crippen molar-refractivity contribution in [3.05, 3.63) is 42.1 Å². The quantitative estimate of drug-likeness (QED) is 0.385. The van der Waals surface area contributed by atoms with E-state index in [1.807, 2.05) is 6.66 Å². The zero-order valence-electron chi connectivity index (χ0n) is 8.39. The van der Waals surface area contributed by atoms with E-state index in [-0.39, 0.29) is 24.8 Å². The van der Waals surface area contributed by atoms with Crippen LogP contribution in [-0.2, 0) is 22.9 Å². The minimum atomic E-state index is -0.549. The first-order valence-corrected chi connectivity index (χ1v) is 8.57. The Hall–Kier alpha value is 0.410. The maximum Gasteiger partial charge on any atom is -1.00 e. The van der Waals surface area contributed by atoms with Crippen LogP contribution < -0.4 is 24.8 Å². The fourth-order valence-corrected chi connectivity index (χ4v) is 7.82. The largest absolute Gasteiger partial charge is 1.00 e. The molecule has 2 aliphatic carbocycles. The minimum absolute atomic E-state index is 0. The van der Waals surface area contributed by atoms with Gasteiger partial charge in [-0.2, -0.15) is 0 Å². The van der Waals surface area contributed by atoms with Crippen molar-refractivity contribution < 1.29 is 47.7 Å². The Morgan fingerprint density at radius 2 is 1.27 bits per heavy atom. The van der Waals surface area contributed by atoms with Gasteiger partial charge in [-0.15, -0.1) is 0 Å². The van der Waals surface area contributed by atoms with Crippen molar-refractivity contribution in [1.29, 1.82) is 0 Å². The Morgan fingerprint density at radius 3 is 1.73 bits per heavy atom. The normalized spacial score (nSPS) is 20.8. The molecule has 3 rings (SSSR count). The van der Waals surface area contributed by atoms with Crippen LogP contribution in [0.5, 0.6) is 0 Å². The van der Waals surface area contributed by atoms with Crippen LogP contribution in [0.25, 0.3) is 0 Å². The third kappa shape index (κ3) is 2.57.